The van der Waals surface area contributed by atoms with Crippen LogP contribution in [0.5, 0.6) is 0 Å². The van der Waals surface area contributed by atoms with Gasteiger partial charge in [0.25, 0.3) is 0 Å². The summed E-state index contributed by atoms with van der Waals surface area (Å²) in [5.41, 5.74) is 5.43. The van der Waals surface area contributed by atoms with Gasteiger partial charge in [-0.2, -0.15) is 0 Å². The Kier molecular flexibility index (Phi) is 5.74. The molecule has 0 saturated carbocycles. The van der Waals surface area contributed by atoms with Crippen LogP contribution in [0.25, 0.3) is 23.4 Å². The smallest absolute Gasteiger partial charge is 0.0782 e. The molecule has 1 aromatic heterocycles. The molecular weight excluding hydrogens is 230 g/mol. The molecule has 1 aromatic carbocycles. The number of hydrogen-bond donors (Lipinski definition) is 0. The molecule has 2 rings (SSSR count). The minimum Gasteiger partial charge on any atom is -0.256 e. The summed E-state index contributed by atoms with van der Waals surface area (Å²) in [6.07, 6.45) is 5.48. The highest BCUT2D eigenvalue weighted by atomic mass is 14.7. The highest BCUT2D eigenvalue weighted by Gasteiger charge is 2.08. The van der Waals surface area contributed by atoms with Crippen molar-refractivity contribution in [2.24, 2.45) is 0 Å². The van der Waals surface area contributed by atoms with E-state index in [-0.39, 0.29) is 0 Å². The molecule has 1 nitrogen and oxygen atoms in total. The Balaban J connectivity index is 0.000000861. The summed E-state index contributed by atoms with van der Waals surface area (Å²) in [6.45, 7) is 13.8. The quantitative estimate of drug-likeness (QED) is 0.714. The molecule has 0 bridgehead atoms. The molecule has 0 aliphatic heterocycles. The highest BCUT2D eigenvalue weighted by Crippen LogP contribution is 2.27. The van der Waals surface area contributed by atoms with Crippen molar-refractivity contribution in [1.29, 1.82) is 0 Å². The normalized spacial score (nSPS) is 9.21. The number of hydrogen-bond acceptors (Lipinski definition) is 1. The molecule has 0 N–H and O–H groups in total. The first-order valence-corrected chi connectivity index (χ1v) is 6.58. The lowest BCUT2D eigenvalue weighted by Gasteiger charge is -2.10. The molecular formula is C18H21N. The monoisotopic (exact) mass is 251 g/mol. The van der Waals surface area contributed by atoms with Crippen LogP contribution in [0.15, 0.2) is 49.7 Å². The van der Waals surface area contributed by atoms with Gasteiger partial charge < -0.3 is 0 Å². The van der Waals surface area contributed by atoms with Crippen LogP contribution in [0.3, 0.4) is 0 Å². The summed E-state index contributed by atoms with van der Waals surface area (Å²) in [6, 6.07) is 10.2. The van der Waals surface area contributed by atoms with E-state index in [0.29, 0.717) is 0 Å². The van der Waals surface area contributed by atoms with Crippen molar-refractivity contribution in [3.05, 3.63) is 66.4 Å². The Morgan fingerprint density at radius 1 is 1.00 bits per heavy atom. The third kappa shape index (κ3) is 3.19. The van der Waals surface area contributed by atoms with Crippen LogP contribution >= 0.6 is 0 Å². The van der Waals surface area contributed by atoms with Gasteiger partial charge in [0.1, 0.15) is 0 Å². The lowest BCUT2D eigenvalue weighted by Crippen LogP contribution is -1.93. The van der Waals surface area contributed by atoms with E-state index in [1.54, 1.807) is 0 Å². The van der Waals surface area contributed by atoms with Gasteiger partial charge in [0, 0.05) is 17.3 Å². The Morgan fingerprint density at radius 3 is 2.26 bits per heavy atom. The van der Waals surface area contributed by atoms with Crippen LogP contribution in [0.4, 0.5) is 0 Å². The van der Waals surface area contributed by atoms with Gasteiger partial charge in [0.05, 0.1) is 5.69 Å². The van der Waals surface area contributed by atoms with E-state index >= 15 is 0 Å². The Labute approximate surface area is 116 Å². The third-order valence-corrected chi connectivity index (χ3v) is 2.85. The van der Waals surface area contributed by atoms with E-state index in [1.165, 1.54) is 5.56 Å². The Hall–Kier alpha value is -2.15. The molecule has 0 saturated heterocycles. The van der Waals surface area contributed by atoms with E-state index in [1.807, 2.05) is 50.4 Å². The van der Waals surface area contributed by atoms with Crippen LogP contribution in [-0.4, -0.2) is 4.98 Å². The first-order chi connectivity index (χ1) is 9.27. The second-order valence-electron chi connectivity index (χ2n) is 3.89. The second-order valence-corrected chi connectivity index (χ2v) is 3.89. The second kappa shape index (κ2) is 7.32. The minimum atomic E-state index is 0.968. The summed E-state index contributed by atoms with van der Waals surface area (Å²) in [5.74, 6) is 0. The number of aromatic nitrogens is 1. The number of nitrogens with zero attached hydrogens (tertiary/aromatic N) is 1. The molecule has 0 amide bonds. The lowest BCUT2D eigenvalue weighted by molar-refractivity contribution is 1.29. The van der Waals surface area contributed by atoms with Gasteiger partial charge >= 0.3 is 0 Å². The zero-order valence-electron chi connectivity index (χ0n) is 12.0. The summed E-state index contributed by atoms with van der Waals surface area (Å²) >= 11 is 0. The zero-order valence-corrected chi connectivity index (χ0v) is 12.0. The van der Waals surface area contributed by atoms with Crippen molar-refractivity contribution < 1.29 is 0 Å². The van der Waals surface area contributed by atoms with Crippen molar-refractivity contribution in [3.8, 4) is 11.3 Å². The minimum absolute atomic E-state index is 0.968. The Bertz CT molecular complexity index is 568. The van der Waals surface area contributed by atoms with Gasteiger partial charge in [0.15, 0.2) is 0 Å². The SMILES string of the molecule is C=Cc1ccnc(-c2ccccc2C)c1C=C.CC. The molecule has 0 radical (unpaired) electrons. The fraction of sp³-hybridized carbons (Fsp3) is 0.167. The van der Waals surface area contributed by atoms with E-state index in [9.17, 15) is 0 Å². The molecule has 2 aromatic rings. The molecule has 0 aliphatic rings. The van der Waals surface area contributed by atoms with Gasteiger partial charge in [-0.1, -0.05) is 63.4 Å². The molecule has 0 fully saturated rings. The molecule has 0 atom stereocenters. The number of benzene rings is 1. The third-order valence-electron chi connectivity index (χ3n) is 2.85. The topological polar surface area (TPSA) is 12.9 Å². The van der Waals surface area contributed by atoms with Gasteiger partial charge in [0.2, 0.25) is 0 Å². The van der Waals surface area contributed by atoms with Crippen LogP contribution in [0, 0.1) is 6.92 Å². The predicted molar refractivity (Wildman–Crippen MR) is 85.9 cm³/mol. The fourth-order valence-electron chi connectivity index (χ4n) is 1.93. The van der Waals surface area contributed by atoms with Crippen LogP contribution in [0.2, 0.25) is 0 Å². The molecule has 0 spiro atoms. The molecule has 1 heteroatoms. The van der Waals surface area contributed by atoms with Gasteiger partial charge in [-0.05, 0) is 24.1 Å². The molecule has 98 valence electrons. The fourth-order valence-corrected chi connectivity index (χ4v) is 1.93. The zero-order chi connectivity index (χ0) is 14.3. The maximum Gasteiger partial charge on any atom is 0.0782 e. The van der Waals surface area contributed by atoms with Crippen LogP contribution < -0.4 is 0 Å². The Morgan fingerprint density at radius 2 is 1.68 bits per heavy atom. The summed E-state index contributed by atoms with van der Waals surface area (Å²) in [5, 5.41) is 0. The van der Waals surface area contributed by atoms with Crippen LogP contribution in [0.1, 0.15) is 30.5 Å². The summed E-state index contributed by atoms with van der Waals surface area (Å²) < 4.78 is 0. The molecule has 19 heavy (non-hydrogen) atoms. The predicted octanol–water partition coefficient (Wildman–Crippen LogP) is 5.37. The molecule has 1 heterocycles. The van der Waals surface area contributed by atoms with E-state index in [4.69, 9.17) is 0 Å². The number of pyridine rings is 1. The van der Waals surface area contributed by atoms with E-state index in [0.717, 1.165) is 22.4 Å². The van der Waals surface area contributed by atoms with Crippen molar-refractivity contribution in [1.82, 2.24) is 4.98 Å². The van der Waals surface area contributed by atoms with Gasteiger partial charge in [-0.15, -0.1) is 0 Å². The van der Waals surface area contributed by atoms with Gasteiger partial charge in [-0.3, -0.25) is 4.98 Å². The summed E-state index contributed by atoms with van der Waals surface area (Å²) in [7, 11) is 0. The first-order valence-electron chi connectivity index (χ1n) is 6.58. The molecule has 0 unspecified atom stereocenters. The van der Waals surface area contributed by atoms with Gasteiger partial charge in [-0.25, -0.2) is 0 Å². The standard InChI is InChI=1S/C16H15N.C2H6/c1-4-13-10-11-17-16(14(13)5-2)15-9-7-6-8-12(15)3;1-2/h4-11H,1-2H2,3H3;1-2H3. The first kappa shape index (κ1) is 14.9. The average Bonchev–Trinajstić information content (AvgIpc) is 2.49. The maximum atomic E-state index is 4.47. The van der Waals surface area contributed by atoms with Crippen molar-refractivity contribution >= 4 is 12.2 Å². The van der Waals surface area contributed by atoms with Crippen molar-refractivity contribution in [2.45, 2.75) is 20.8 Å². The van der Waals surface area contributed by atoms with Crippen LogP contribution in [-0.2, 0) is 0 Å². The summed E-state index contributed by atoms with van der Waals surface area (Å²) in [4.78, 5) is 4.47. The van der Waals surface area contributed by atoms with Crippen molar-refractivity contribution in [2.75, 3.05) is 0 Å². The maximum absolute atomic E-state index is 4.47. The van der Waals surface area contributed by atoms with Crippen molar-refractivity contribution in [3.63, 3.8) is 0 Å². The van der Waals surface area contributed by atoms with E-state index in [2.05, 4.69) is 37.2 Å². The number of aryl methyl sites for hydroxylation is 1. The lowest BCUT2D eigenvalue weighted by atomic mass is 9.98. The largest absolute Gasteiger partial charge is 0.256 e. The molecule has 0 aliphatic carbocycles. The highest BCUT2D eigenvalue weighted by molar-refractivity contribution is 5.78. The van der Waals surface area contributed by atoms with E-state index < -0.39 is 0 Å². The number of rotatable bonds is 3. The average molecular weight is 251 g/mol.